The fraction of sp³-hybridized carbons (Fsp3) is 0.462. The number of rotatable bonds is 4. The lowest BCUT2D eigenvalue weighted by molar-refractivity contribution is -0.128. The topological polar surface area (TPSA) is 52.3 Å². The van der Waals surface area contributed by atoms with E-state index in [-0.39, 0.29) is 24.4 Å². The van der Waals surface area contributed by atoms with Gasteiger partial charge >= 0.3 is 0 Å². The number of carbonyl (C=O) groups is 1. The second-order valence-electron chi connectivity index (χ2n) is 4.44. The molecule has 5 heteroatoms. The highest BCUT2D eigenvalue weighted by atomic mass is 35.5. The summed E-state index contributed by atoms with van der Waals surface area (Å²) in [5, 5.41) is 1.08. The minimum atomic E-state index is -0.342. The largest absolute Gasteiger partial charge is 0.366 e. The Morgan fingerprint density at radius 3 is 2.78 bits per heavy atom. The number of nitrogens with two attached hydrogens (primary N) is 1. The third kappa shape index (κ3) is 3.23. The van der Waals surface area contributed by atoms with Crippen LogP contribution in [0, 0.1) is 0 Å². The zero-order valence-electron chi connectivity index (χ0n) is 9.86. The van der Waals surface area contributed by atoms with Crippen molar-refractivity contribution < 1.29 is 9.53 Å². The molecule has 0 amide bonds. The molecule has 1 aliphatic heterocycles. The van der Waals surface area contributed by atoms with Crippen LogP contribution in [0.3, 0.4) is 0 Å². The fourth-order valence-electron chi connectivity index (χ4n) is 2.08. The zero-order chi connectivity index (χ0) is 13.1. The van der Waals surface area contributed by atoms with E-state index < -0.39 is 0 Å². The summed E-state index contributed by atoms with van der Waals surface area (Å²) in [5.41, 5.74) is 6.30. The third-order valence-corrected chi connectivity index (χ3v) is 3.70. The molecule has 0 saturated carbocycles. The van der Waals surface area contributed by atoms with Crippen molar-refractivity contribution in [2.45, 2.75) is 31.5 Å². The molecule has 0 bridgehead atoms. The van der Waals surface area contributed by atoms with Gasteiger partial charge < -0.3 is 10.5 Å². The second-order valence-corrected chi connectivity index (χ2v) is 5.28. The fourth-order valence-corrected chi connectivity index (χ4v) is 2.56. The number of ether oxygens (including phenoxy) is 1. The summed E-state index contributed by atoms with van der Waals surface area (Å²) in [7, 11) is 0. The van der Waals surface area contributed by atoms with Gasteiger partial charge in [-0.3, -0.25) is 4.79 Å². The van der Waals surface area contributed by atoms with Crippen molar-refractivity contribution in [3.05, 3.63) is 33.8 Å². The lowest BCUT2D eigenvalue weighted by Gasteiger charge is -2.12. The SMILES string of the molecule is NCC1CCC(C(=O)Cc2ccc(Cl)cc2Cl)O1. The molecule has 2 N–H and O–H groups in total. The number of Topliss-reactive ketones (excluding diaryl/α,β-unsaturated/α-hetero) is 1. The van der Waals surface area contributed by atoms with E-state index in [9.17, 15) is 4.79 Å². The van der Waals surface area contributed by atoms with Crippen LogP contribution < -0.4 is 5.73 Å². The molecule has 0 spiro atoms. The Morgan fingerprint density at radius 2 is 2.17 bits per heavy atom. The minimum Gasteiger partial charge on any atom is -0.366 e. The molecule has 3 nitrogen and oxygen atoms in total. The summed E-state index contributed by atoms with van der Waals surface area (Å²) in [5.74, 6) is 0.0511. The molecule has 18 heavy (non-hydrogen) atoms. The van der Waals surface area contributed by atoms with Crippen LogP contribution in [0.5, 0.6) is 0 Å². The quantitative estimate of drug-likeness (QED) is 0.926. The number of benzene rings is 1. The average molecular weight is 288 g/mol. The molecular weight excluding hydrogens is 273 g/mol. The minimum absolute atomic E-state index is 0.0136. The zero-order valence-corrected chi connectivity index (χ0v) is 11.4. The van der Waals surface area contributed by atoms with E-state index in [0.717, 1.165) is 18.4 Å². The number of halogens is 2. The van der Waals surface area contributed by atoms with E-state index in [2.05, 4.69) is 0 Å². The number of hydrogen-bond donors (Lipinski definition) is 1. The van der Waals surface area contributed by atoms with Gasteiger partial charge in [0.25, 0.3) is 0 Å². The van der Waals surface area contributed by atoms with Gasteiger partial charge in [0.1, 0.15) is 6.10 Å². The van der Waals surface area contributed by atoms with Gasteiger partial charge in [-0.25, -0.2) is 0 Å². The van der Waals surface area contributed by atoms with Crippen molar-refractivity contribution in [2.24, 2.45) is 5.73 Å². The number of hydrogen-bond acceptors (Lipinski definition) is 3. The van der Waals surface area contributed by atoms with Crippen LogP contribution in [0.25, 0.3) is 0 Å². The Morgan fingerprint density at radius 1 is 1.39 bits per heavy atom. The second kappa shape index (κ2) is 6.02. The summed E-state index contributed by atoms with van der Waals surface area (Å²) >= 11 is 11.8. The molecule has 0 aromatic heterocycles. The average Bonchev–Trinajstić information content (AvgIpc) is 2.81. The van der Waals surface area contributed by atoms with Crippen LogP contribution in [0.15, 0.2) is 18.2 Å². The van der Waals surface area contributed by atoms with Gasteiger partial charge in [0.2, 0.25) is 0 Å². The Labute approximate surface area is 116 Å². The lowest BCUT2D eigenvalue weighted by Crippen LogP contribution is -2.26. The molecule has 1 aromatic rings. The first-order chi connectivity index (χ1) is 8.60. The Balaban J connectivity index is 1.99. The first kappa shape index (κ1) is 13.8. The first-order valence-corrected chi connectivity index (χ1v) is 6.68. The van der Waals surface area contributed by atoms with Gasteiger partial charge in [0.15, 0.2) is 5.78 Å². The smallest absolute Gasteiger partial charge is 0.165 e. The molecule has 2 unspecified atom stereocenters. The van der Waals surface area contributed by atoms with E-state index in [0.29, 0.717) is 16.6 Å². The van der Waals surface area contributed by atoms with Crippen molar-refractivity contribution in [3.63, 3.8) is 0 Å². The third-order valence-electron chi connectivity index (χ3n) is 3.11. The normalized spacial score (nSPS) is 23.3. The molecule has 98 valence electrons. The maximum atomic E-state index is 12.1. The van der Waals surface area contributed by atoms with Crippen LogP contribution in [-0.4, -0.2) is 24.5 Å². The first-order valence-electron chi connectivity index (χ1n) is 5.92. The molecule has 1 aliphatic rings. The number of carbonyl (C=O) groups excluding carboxylic acids is 1. The maximum absolute atomic E-state index is 12.1. The lowest BCUT2D eigenvalue weighted by atomic mass is 10.0. The van der Waals surface area contributed by atoms with Gasteiger partial charge in [0, 0.05) is 23.0 Å². The van der Waals surface area contributed by atoms with E-state index in [4.69, 9.17) is 33.7 Å². The standard InChI is InChI=1S/C13H15Cl2NO2/c14-9-2-1-8(11(15)6-9)5-12(17)13-4-3-10(7-16)18-13/h1-2,6,10,13H,3-5,7,16H2. The van der Waals surface area contributed by atoms with Gasteiger partial charge in [-0.1, -0.05) is 29.3 Å². The highest BCUT2D eigenvalue weighted by molar-refractivity contribution is 6.35. The highest BCUT2D eigenvalue weighted by Crippen LogP contribution is 2.25. The molecule has 1 fully saturated rings. The van der Waals surface area contributed by atoms with Crippen LogP contribution >= 0.6 is 23.2 Å². The molecule has 1 aromatic carbocycles. The predicted molar refractivity (Wildman–Crippen MR) is 72.1 cm³/mol. The van der Waals surface area contributed by atoms with Crippen molar-refractivity contribution >= 4 is 29.0 Å². The molecule has 2 atom stereocenters. The molecule has 0 radical (unpaired) electrons. The van der Waals surface area contributed by atoms with E-state index in [1.165, 1.54) is 0 Å². The monoisotopic (exact) mass is 287 g/mol. The molecule has 0 aliphatic carbocycles. The Bertz CT molecular complexity index is 451. The van der Waals surface area contributed by atoms with Crippen molar-refractivity contribution in [2.75, 3.05) is 6.54 Å². The van der Waals surface area contributed by atoms with Crippen LogP contribution in [0.1, 0.15) is 18.4 Å². The highest BCUT2D eigenvalue weighted by Gasteiger charge is 2.29. The molecule has 2 rings (SSSR count). The van der Waals surface area contributed by atoms with Gasteiger partial charge in [-0.2, -0.15) is 0 Å². The van der Waals surface area contributed by atoms with Gasteiger partial charge in [-0.15, -0.1) is 0 Å². The summed E-state index contributed by atoms with van der Waals surface area (Å²) in [6.45, 7) is 0.464. The summed E-state index contributed by atoms with van der Waals surface area (Å²) in [6, 6.07) is 5.15. The van der Waals surface area contributed by atoms with E-state index >= 15 is 0 Å². The van der Waals surface area contributed by atoms with Crippen molar-refractivity contribution in [1.82, 2.24) is 0 Å². The predicted octanol–water partition coefficient (Wildman–Crippen LogP) is 2.61. The van der Waals surface area contributed by atoms with E-state index in [1.54, 1.807) is 18.2 Å². The van der Waals surface area contributed by atoms with Crippen LogP contribution in [-0.2, 0) is 16.0 Å². The Hall–Kier alpha value is -0.610. The van der Waals surface area contributed by atoms with Crippen LogP contribution in [0.2, 0.25) is 10.0 Å². The summed E-state index contributed by atoms with van der Waals surface area (Å²) in [4.78, 5) is 12.1. The van der Waals surface area contributed by atoms with Gasteiger partial charge in [0.05, 0.1) is 6.10 Å². The van der Waals surface area contributed by atoms with Crippen molar-refractivity contribution in [1.29, 1.82) is 0 Å². The Kier molecular flexibility index (Phi) is 4.62. The van der Waals surface area contributed by atoms with Gasteiger partial charge in [-0.05, 0) is 30.5 Å². The summed E-state index contributed by atoms with van der Waals surface area (Å²) in [6.07, 6.45) is 1.54. The van der Waals surface area contributed by atoms with E-state index in [1.807, 2.05) is 0 Å². The maximum Gasteiger partial charge on any atom is 0.165 e. The molecular formula is C13H15Cl2NO2. The van der Waals surface area contributed by atoms with Crippen LogP contribution in [0.4, 0.5) is 0 Å². The molecule has 1 saturated heterocycles. The summed E-state index contributed by atoms with van der Waals surface area (Å²) < 4.78 is 5.56. The molecule has 1 heterocycles. The number of ketones is 1. The van der Waals surface area contributed by atoms with Crippen molar-refractivity contribution in [3.8, 4) is 0 Å².